The largest absolute Gasteiger partial charge is 0.465 e. The summed E-state index contributed by atoms with van der Waals surface area (Å²) in [6.07, 6.45) is 9.48. The van der Waals surface area contributed by atoms with Gasteiger partial charge in [0.25, 0.3) is 0 Å². The standard InChI is InChI=1S/C27H38N4O3/c1-2-14-31-24-12-11-20(28-26(32)18-7-9-19(10-8-18)29-27(33)34)16-22(24)23-17-30(15-13-25(23)31)21-5-3-4-6-21/h11-12,16,18-19,21,29H,2-10,13-15,17H2,1H3,(H,28,32)(H,33,34). The first-order valence-corrected chi connectivity index (χ1v) is 13.2. The second-order valence-corrected chi connectivity index (χ2v) is 10.5. The number of fused-ring (bicyclic) bond motifs is 3. The highest BCUT2D eigenvalue weighted by Crippen LogP contribution is 2.36. The van der Waals surface area contributed by atoms with Gasteiger partial charge >= 0.3 is 6.09 Å². The predicted molar refractivity (Wildman–Crippen MR) is 134 cm³/mol. The first kappa shape index (κ1) is 23.2. The number of amides is 2. The summed E-state index contributed by atoms with van der Waals surface area (Å²) in [5, 5.41) is 15.9. The molecule has 1 aliphatic heterocycles. The molecule has 7 nitrogen and oxygen atoms in total. The molecule has 0 spiro atoms. The van der Waals surface area contributed by atoms with Gasteiger partial charge in [0, 0.05) is 66.3 Å². The van der Waals surface area contributed by atoms with Crippen molar-refractivity contribution in [3.63, 3.8) is 0 Å². The number of hydrogen-bond donors (Lipinski definition) is 3. The number of hydrogen-bond acceptors (Lipinski definition) is 3. The Hall–Kier alpha value is -2.54. The lowest BCUT2D eigenvalue weighted by atomic mass is 9.85. The molecule has 2 aliphatic carbocycles. The van der Waals surface area contributed by atoms with E-state index in [-0.39, 0.29) is 17.9 Å². The molecular formula is C27H38N4O3. The number of carbonyl (C=O) groups is 2. The lowest BCUT2D eigenvalue weighted by molar-refractivity contribution is -0.120. The number of aryl methyl sites for hydroxylation is 1. The minimum atomic E-state index is -0.981. The lowest BCUT2D eigenvalue weighted by Gasteiger charge is -2.33. The highest BCUT2D eigenvalue weighted by Gasteiger charge is 2.30. The molecule has 7 heteroatoms. The molecule has 184 valence electrons. The summed E-state index contributed by atoms with van der Waals surface area (Å²) in [6, 6.07) is 7.11. The average molecular weight is 467 g/mol. The van der Waals surface area contributed by atoms with Crippen molar-refractivity contribution in [2.45, 2.75) is 96.3 Å². The third-order valence-corrected chi connectivity index (χ3v) is 8.27. The normalized spacial score (nSPS) is 23.7. The van der Waals surface area contributed by atoms with E-state index >= 15 is 0 Å². The van der Waals surface area contributed by atoms with Gasteiger partial charge in [-0.05, 0) is 68.7 Å². The maximum atomic E-state index is 13.0. The van der Waals surface area contributed by atoms with Crippen LogP contribution < -0.4 is 10.6 Å². The molecule has 2 fully saturated rings. The summed E-state index contributed by atoms with van der Waals surface area (Å²) >= 11 is 0. The Labute approximate surface area is 201 Å². The van der Waals surface area contributed by atoms with Gasteiger partial charge in [-0.3, -0.25) is 9.69 Å². The molecule has 2 saturated carbocycles. The Morgan fingerprint density at radius 1 is 1.09 bits per heavy atom. The minimum Gasteiger partial charge on any atom is -0.465 e. The molecule has 0 radical (unpaired) electrons. The van der Waals surface area contributed by atoms with E-state index in [2.05, 4.69) is 39.2 Å². The van der Waals surface area contributed by atoms with Gasteiger partial charge in [0.15, 0.2) is 0 Å². The van der Waals surface area contributed by atoms with Gasteiger partial charge < -0.3 is 20.3 Å². The monoisotopic (exact) mass is 466 g/mol. The average Bonchev–Trinajstić information content (AvgIpc) is 3.47. The SMILES string of the molecule is CCCn1c2c(c3cc(NC(=O)C4CCC(NC(=O)O)CC4)ccc31)CN(C1CCCC1)CC2. The third kappa shape index (κ3) is 4.67. The van der Waals surface area contributed by atoms with Crippen LogP contribution in [0.3, 0.4) is 0 Å². The van der Waals surface area contributed by atoms with E-state index in [4.69, 9.17) is 5.11 Å². The summed E-state index contributed by atoms with van der Waals surface area (Å²) in [6.45, 7) is 5.45. The van der Waals surface area contributed by atoms with Crippen molar-refractivity contribution in [3.8, 4) is 0 Å². The number of aromatic nitrogens is 1. The van der Waals surface area contributed by atoms with Crippen LogP contribution in [0.2, 0.25) is 0 Å². The van der Waals surface area contributed by atoms with E-state index in [9.17, 15) is 9.59 Å². The molecule has 0 saturated heterocycles. The van der Waals surface area contributed by atoms with Gasteiger partial charge in [-0.1, -0.05) is 19.8 Å². The fraction of sp³-hybridized carbons (Fsp3) is 0.630. The van der Waals surface area contributed by atoms with Gasteiger partial charge in [-0.25, -0.2) is 4.79 Å². The van der Waals surface area contributed by atoms with Crippen molar-refractivity contribution >= 4 is 28.6 Å². The van der Waals surface area contributed by atoms with E-state index in [0.717, 1.165) is 57.0 Å². The molecule has 3 aliphatic rings. The number of nitrogens with zero attached hydrogens (tertiary/aromatic N) is 2. The fourth-order valence-electron chi connectivity index (χ4n) is 6.53. The van der Waals surface area contributed by atoms with Gasteiger partial charge in [-0.15, -0.1) is 0 Å². The number of nitrogens with one attached hydrogen (secondary N) is 2. The van der Waals surface area contributed by atoms with Crippen LogP contribution in [0.1, 0.15) is 76.0 Å². The van der Waals surface area contributed by atoms with Crippen LogP contribution in [0.4, 0.5) is 10.5 Å². The topological polar surface area (TPSA) is 86.6 Å². The molecule has 34 heavy (non-hydrogen) atoms. The van der Waals surface area contributed by atoms with Crippen LogP contribution >= 0.6 is 0 Å². The molecule has 0 bridgehead atoms. The summed E-state index contributed by atoms with van der Waals surface area (Å²) in [5.74, 6) is 0.00145. The highest BCUT2D eigenvalue weighted by atomic mass is 16.4. The van der Waals surface area contributed by atoms with Crippen LogP contribution in [-0.4, -0.2) is 45.2 Å². The third-order valence-electron chi connectivity index (χ3n) is 8.27. The van der Waals surface area contributed by atoms with E-state index < -0.39 is 6.09 Å². The Kier molecular flexibility index (Phi) is 6.82. The van der Waals surface area contributed by atoms with Crippen molar-refractivity contribution in [1.82, 2.24) is 14.8 Å². The molecule has 0 unspecified atom stereocenters. The van der Waals surface area contributed by atoms with Crippen molar-refractivity contribution in [3.05, 3.63) is 29.5 Å². The van der Waals surface area contributed by atoms with Crippen LogP contribution in [0, 0.1) is 5.92 Å². The summed E-state index contributed by atoms with van der Waals surface area (Å²) in [5.41, 5.74) is 5.10. The van der Waals surface area contributed by atoms with Gasteiger partial charge in [0.05, 0.1) is 0 Å². The van der Waals surface area contributed by atoms with Gasteiger partial charge in [-0.2, -0.15) is 0 Å². The summed E-state index contributed by atoms with van der Waals surface area (Å²) in [4.78, 5) is 26.6. The van der Waals surface area contributed by atoms with Gasteiger partial charge in [0.1, 0.15) is 0 Å². The number of carboxylic acid groups (broad SMARTS) is 1. The smallest absolute Gasteiger partial charge is 0.404 e. The molecule has 0 atom stereocenters. The molecule has 2 aromatic rings. The molecule has 2 amide bonds. The van der Waals surface area contributed by atoms with Crippen molar-refractivity contribution in [1.29, 1.82) is 0 Å². The maximum Gasteiger partial charge on any atom is 0.404 e. The summed E-state index contributed by atoms with van der Waals surface area (Å²) < 4.78 is 2.51. The summed E-state index contributed by atoms with van der Waals surface area (Å²) in [7, 11) is 0. The van der Waals surface area contributed by atoms with Crippen LogP contribution in [-0.2, 0) is 24.3 Å². The molecule has 1 aromatic heterocycles. The van der Waals surface area contributed by atoms with Crippen LogP contribution in [0.25, 0.3) is 10.9 Å². The van der Waals surface area contributed by atoms with Gasteiger partial charge in [0.2, 0.25) is 5.91 Å². The molecule has 3 N–H and O–H groups in total. The number of benzene rings is 1. The van der Waals surface area contributed by atoms with Crippen LogP contribution in [0.15, 0.2) is 18.2 Å². The second-order valence-electron chi connectivity index (χ2n) is 10.5. The number of rotatable bonds is 6. The maximum absolute atomic E-state index is 13.0. The highest BCUT2D eigenvalue weighted by molar-refractivity contribution is 5.96. The zero-order chi connectivity index (χ0) is 23.7. The Morgan fingerprint density at radius 3 is 2.56 bits per heavy atom. The van der Waals surface area contributed by atoms with Crippen molar-refractivity contribution < 1.29 is 14.7 Å². The van der Waals surface area contributed by atoms with E-state index in [1.54, 1.807) is 0 Å². The van der Waals surface area contributed by atoms with E-state index in [1.807, 2.05) is 6.07 Å². The molecular weight excluding hydrogens is 428 g/mol. The number of carbonyl (C=O) groups excluding carboxylic acids is 1. The first-order valence-electron chi connectivity index (χ1n) is 13.2. The number of anilines is 1. The van der Waals surface area contributed by atoms with E-state index in [0.29, 0.717) is 12.8 Å². The lowest BCUT2D eigenvalue weighted by Crippen LogP contribution is -2.38. The quantitative estimate of drug-likeness (QED) is 0.552. The van der Waals surface area contributed by atoms with Crippen molar-refractivity contribution in [2.75, 3.05) is 11.9 Å². The van der Waals surface area contributed by atoms with E-state index in [1.165, 1.54) is 47.8 Å². The second kappa shape index (κ2) is 9.98. The zero-order valence-corrected chi connectivity index (χ0v) is 20.3. The Balaban J connectivity index is 1.34. The minimum absolute atomic E-state index is 0.0365. The zero-order valence-electron chi connectivity index (χ0n) is 20.3. The van der Waals surface area contributed by atoms with Crippen molar-refractivity contribution in [2.24, 2.45) is 5.92 Å². The predicted octanol–water partition coefficient (Wildman–Crippen LogP) is 5.12. The molecule has 5 rings (SSSR count). The first-order chi connectivity index (χ1) is 16.5. The Morgan fingerprint density at radius 2 is 1.85 bits per heavy atom. The van der Waals surface area contributed by atoms with Crippen LogP contribution in [0.5, 0.6) is 0 Å². The fourth-order valence-corrected chi connectivity index (χ4v) is 6.53. The Bertz CT molecular complexity index is 1050. The molecule has 2 heterocycles. The molecule has 1 aromatic carbocycles.